The van der Waals surface area contributed by atoms with Gasteiger partial charge in [-0.2, -0.15) is 5.10 Å². The zero-order valence-electron chi connectivity index (χ0n) is 23.4. The summed E-state index contributed by atoms with van der Waals surface area (Å²) in [4.78, 5) is 38.8. The molecule has 0 spiro atoms. The zero-order chi connectivity index (χ0) is 28.1. The van der Waals surface area contributed by atoms with E-state index >= 15 is 0 Å². The number of rotatable bonds is 11. The van der Waals surface area contributed by atoms with Gasteiger partial charge in [0.25, 0.3) is 5.91 Å². The molecule has 0 aliphatic heterocycles. The molecule has 39 heavy (non-hydrogen) atoms. The number of hydrogen-bond acceptors (Lipinski definition) is 4. The Kier molecular flexibility index (Phi) is 8.64. The number of aryl methyl sites for hydroxylation is 3. The maximum absolute atomic E-state index is 13.6. The zero-order valence-corrected chi connectivity index (χ0v) is 23.4. The Balaban J connectivity index is 1.60. The molecule has 8 nitrogen and oxygen atoms in total. The highest BCUT2D eigenvalue weighted by molar-refractivity contribution is 6.00. The third-order valence-corrected chi connectivity index (χ3v) is 7.20. The summed E-state index contributed by atoms with van der Waals surface area (Å²) in [5.41, 5.74) is 6.40. The summed E-state index contributed by atoms with van der Waals surface area (Å²) in [5, 5.41) is 8.49. The Bertz CT molecular complexity index is 1500. The van der Waals surface area contributed by atoms with Gasteiger partial charge in [-0.15, -0.1) is 0 Å². The number of carbonyl (C=O) groups is 3. The lowest BCUT2D eigenvalue weighted by molar-refractivity contribution is -0.118. The minimum absolute atomic E-state index is 0.0235. The van der Waals surface area contributed by atoms with E-state index in [4.69, 9.17) is 0 Å². The fourth-order valence-corrected chi connectivity index (χ4v) is 4.78. The van der Waals surface area contributed by atoms with E-state index in [2.05, 4.69) is 10.4 Å². The highest BCUT2D eigenvalue weighted by Crippen LogP contribution is 2.28. The van der Waals surface area contributed by atoms with Crippen molar-refractivity contribution in [3.8, 4) is 0 Å². The van der Waals surface area contributed by atoms with E-state index in [1.54, 1.807) is 11.9 Å². The fraction of sp³-hybridized carbons (Fsp3) is 0.355. The molecule has 8 heteroatoms. The van der Waals surface area contributed by atoms with Crippen molar-refractivity contribution in [3.63, 3.8) is 0 Å². The van der Waals surface area contributed by atoms with Crippen LogP contribution in [0.2, 0.25) is 0 Å². The monoisotopic (exact) mass is 527 g/mol. The van der Waals surface area contributed by atoms with E-state index < -0.39 is 6.04 Å². The highest BCUT2D eigenvalue weighted by Gasteiger charge is 2.21. The van der Waals surface area contributed by atoms with Crippen molar-refractivity contribution in [1.82, 2.24) is 19.2 Å². The molecule has 0 bridgehead atoms. The van der Waals surface area contributed by atoms with Crippen LogP contribution in [0.3, 0.4) is 0 Å². The summed E-state index contributed by atoms with van der Waals surface area (Å²) in [6.45, 7) is 9.04. The van der Waals surface area contributed by atoms with E-state index in [1.165, 1.54) is 0 Å². The Hall–Kier alpha value is -4.20. The Labute approximate surface area is 229 Å². The van der Waals surface area contributed by atoms with Gasteiger partial charge in [0.2, 0.25) is 5.91 Å². The smallest absolute Gasteiger partial charge is 0.253 e. The van der Waals surface area contributed by atoms with Crippen molar-refractivity contribution in [3.05, 3.63) is 82.8 Å². The lowest BCUT2D eigenvalue weighted by Gasteiger charge is -2.19. The molecule has 0 saturated carbocycles. The van der Waals surface area contributed by atoms with Gasteiger partial charge in [0.15, 0.2) is 0 Å². The fourth-order valence-electron chi connectivity index (χ4n) is 4.78. The van der Waals surface area contributed by atoms with Gasteiger partial charge in [0, 0.05) is 54.6 Å². The molecule has 1 unspecified atom stereocenters. The third kappa shape index (κ3) is 6.28. The molecule has 2 heterocycles. The van der Waals surface area contributed by atoms with Crippen molar-refractivity contribution in [2.75, 3.05) is 18.9 Å². The molecule has 0 fully saturated rings. The minimum Gasteiger partial charge on any atom is -0.342 e. The van der Waals surface area contributed by atoms with Gasteiger partial charge < -0.3 is 19.6 Å². The van der Waals surface area contributed by atoms with Gasteiger partial charge in [0.05, 0.1) is 12.7 Å². The largest absolute Gasteiger partial charge is 0.342 e. The number of nitrogens with one attached hydrogen (secondary N) is 1. The van der Waals surface area contributed by atoms with Crippen LogP contribution in [0.25, 0.3) is 10.9 Å². The molecule has 4 rings (SSSR count). The first kappa shape index (κ1) is 27.8. The molecule has 204 valence electrons. The van der Waals surface area contributed by atoms with E-state index in [9.17, 15) is 14.4 Å². The van der Waals surface area contributed by atoms with Gasteiger partial charge in [0.1, 0.15) is 12.3 Å². The van der Waals surface area contributed by atoms with Crippen LogP contribution in [0.5, 0.6) is 0 Å². The molecule has 4 aromatic rings. The number of carbonyl (C=O) groups excluding carboxylic acids is 3. The highest BCUT2D eigenvalue weighted by atomic mass is 16.2. The number of aromatic nitrogens is 3. The van der Waals surface area contributed by atoms with E-state index in [0.29, 0.717) is 31.5 Å². The number of unbranched alkanes of at least 4 members (excludes halogenated alkanes) is 1. The summed E-state index contributed by atoms with van der Waals surface area (Å²) < 4.78 is 3.83. The van der Waals surface area contributed by atoms with Crippen molar-refractivity contribution < 1.29 is 14.4 Å². The second-order valence-corrected chi connectivity index (χ2v) is 10.2. The first-order valence-corrected chi connectivity index (χ1v) is 13.4. The van der Waals surface area contributed by atoms with Gasteiger partial charge in [-0.1, -0.05) is 12.1 Å². The van der Waals surface area contributed by atoms with Crippen LogP contribution in [0.15, 0.2) is 55.0 Å². The predicted octanol–water partition coefficient (Wildman–Crippen LogP) is 5.32. The van der Waals surface area contributed by atoms with Crippen LogP contribution >= 0.6 is 0 Å². The average Bonchev–Trinajstić information content (AvgIpc) is 3.50. The van der Waals surface area contributed by atoms with E-state index in [1.807, 2.05) is 91.9 Å². The molecule has 2 aromatic carbocycles. The van der Waals surface area contributed by atoms with Crippen LogP contribution in [0, 0.1) is 13.8 Å². The lowest BCUT2D eigenvalue weighted by atomic mass is 10.0. The van der Waals surface area contributed by atoms with Crippen molar-refractivity contribution in [2.24, 2.45) is 0 Å². The Morgan fingerprint density at radius 2 is 1.92 bits per heavy atom. The maximum atomic E-state index is 13.6. The molecule has 2 aromatic heterocycles. The molecule has 1 N–H and O–H groups in total. The minimum atomic E-state index is -0.485. The van der Waals surface area contributed by atoms with Gasteiger partial charge in [-0.25, -0.2) is 0 Å². The molecule has 0 aliphatic rings. The molecule has 1 atom stereocenters. The summed E-state index contributed by atoms with van der Waals surface area (Å²) in [5.74, 6) is -0.161. The number of fused-ring (bicyclic) bond motifs is 1. The number of hydrogen-bond donors (Lipinski definition) is 1. The number of benzene rings is 2. The quantitative estimate of drug-likeness (QED) is 0.211. The number of amides is 2. The number of nitrogens with zero attached hydrogens (tertiary/aromatic N) is 4. The summed E-state index contributed by atoms with van der Waals surface area (Å²) in [6, 6.07) is 11.2. The number of anilines is 1. The lowest BCUT2D eigenvalue weighted by Crippen LogP contribution is -2.26. The van der Waals surface area contributed by atoms with Crippen LogP contribution < -0.4 is 5.32 Å². The van der Waals surface area contributed by atoms with Gasteiger partial charge in [-0.3, -0.25) is 14.3 Å². The summed E-state index contributed by atoms with van der Waals surface area (Å²) in [7, 11) is 1.79. The van der Waals surface area contributed by atoms with Gasteiger partial charge in [-0.05, 0) is 87.1 Å². The Morgan fingerprint density at radius 1 is 1.13 bits per heavy atom. The van der Waals surface area contributed by atoms with Crippen LogP contribution in [-0.4, -0.2) is 50.9 Å². The Morgan fingerprint density at radius 3 is 2.62 bits per heavy atom. The second-order valence-electron chi connectivity index (χ2n) is 10.2. The average molecular weight is 528 g/mol. The second kappa shape index (κ2) is 12.1. The SMILES string of the molecule is CCN(C)C(=O)c1ccc2c(c1)c(C)cn2C(C)C(=O)Nc1cc(Cn2cc(C)cn2)ccc1CCCC=O. The summed E-state index contributed by atoms with van der Waals surface area (Å²) in [6.07, 6.45) is 8.58. The molecular weight excluding hydrogens is 490 g/mol. The van der Waals surface area contributed by atoms with Crippen LogP contribution in [0.4, 0.5) is 5.69 Å². The number of aldehydes is 1. The van der Waals surface area contributed by atoms with E-state index in [-0.39, 0.29) is 11.8 Å². The van der Waals surface area contributed by atoms with Crippen molar-refractivity contribution in [1.29, 1.82) is 0 Å². The normalized spacial score (nSPS) is 11.9. The molecule has 0 aliphatic carbocycles. The maximum Gasteiger partial charge on any atom is 0.253 e. The first-order valence-electron chi connectivity index (χ1n) is 13.4. The van der Waals surface area contributed by atoms with Gasteiger partial charge >= 0.3 is 0 Å². The van der Waals surface area contributed by atoms with Crippen molar-refractivity contribution in [2.45, 2.75) is 59.5 Å². The molecule has 0 radical (unpaired) electrons. The molecule has 2 amide bonds. The summed E-state index contributed by atoms with van der Waals surface area (Å²) >= 11 is 0. The topological polar surface area (TPSA) is 89.2 Å². The standard InChI is InChI=1S/C31H37N5O3/c1-6-34(5)31(39)26-12-13-29-27(16-26)22(3)19-36(29)23(4)30(38)33-28-15-24(20-35-18-21(2)17-32-35)10-11-25(28)9-7-8-14-37/h10-19,23H,6-9,20H2,1-5H3,(H,33,38). The first-order chi connectivity index (χ1) is 18.7. The third-order valence-electron chi connectivity index (χ3n) is 7.20. The van der Waals surface area contributed by atoms with Crippen molar-refractivity contribution >= 4 is 34.7 Å². The predicted molar refractivity (Wildman–Crippen MR) is 154 cm³/mol. The molecular formula is C31H37N5O3. The van der Waals surface area contributed by atoms with Crippen LogP contribution in [0.1, 0.15) is 65.3 Å². The van der Waals surface area contributed by atoms with Crippen LogP contribution in [-0.2, 0) is 22.6 Å². The molecule has 0 saturated heterocycles. The van der Waals surface area contributed by atoms with E-state index in [0.717, 1.165) is 51.6 Å².